The molecule has 1 aliphatic rings. The first-order valence-corrected chi connectivity index (χ1v) is 11.9. The van der Waals surface area contributed by atoms with E-state index >= 15 is 0 Å². The van der Waals surface area contributed by atoms with Crippen LogP contribution in [-0.4, -0.2) is 49.9 Å². The van der Waals surface area contributed by atoms with Crippen LogP contribution in [0.1, 0.15) is 32.8 Å². The topological polar surface area (TPSA) is 55.8 Å². The molecule has 1 aliphatic heterocycles. The molecule has 0 saturated carbocycles. The van der Waals surface area contributed by atoms with Crippen LogP contribution in [0.15, 0.2) is 30.3 Å². The third-order valence-corrected chi connectivity index (χ3v) is 10.1. The van der Waals surface area contributed by atoms with E-state index in [0.717, 1.165) is 12.0 Å². The van der Waals surface area contributed by atoms with Crippen molar-refractivity contribution in [3.8, 4) is 0 Å². The fourth-order valence-electron chi connectivity index (χ4n) is 2.86. The van der Waals surface area contributed by atoms with Crippen molar-refractivity contribution in [1.29, 1.82) is 0 Å². The van der Waals surface area contributed by atoms with E-state index in [1.54, 1.807) is 0 Å². The van der Waals surface area contributed by atoms with Gasteiger partial charge in [0, 0.05) is 6.42 Å². The molecule has 0 spiro atoms. The number of nitrogens with zero attached hydrogens (tertiary/aromatic N) is 1. The second-order valence-corrected chi connectivity index (χ2v) is 13.3. The Balaban J connectivity index is 1.98. The Hall–Kier alpha value is -1.21. The highest BCUT2D eigenvalue weighted by Crippen LogP contribution is 2.39. The summed E-state index contributed by atoms with van der Waals surface area (Å²) in [4.78, 5) is 12.6. The number of ether oxygens (including phenoxy) is 1. The molecule has 1 aromatic carbocycles. The zero-order valence-electron chi connectivity index (χ0n) is 16.1. The molecule has 6 heteroatoms. The Morgan fingerprint density at radius 3 is 2.48 bits per heavy atom. The molecule has 2 unspecified atom stereocenters. The van der Waals surface area contributed by atoms with Crippen LogP contribution in [0.5, 0.6) is 0 Å². The van der Waals surface area contributed by atoms with Crippen molar-refractivity contribution < 1.29 is 23.5 Å². The summed E-state index contributed by atoms with van der Waals surface area (Å²) in [7, 11) is -1.89. The second-order valence-electron chi connectivity index (χ2n) is 8.52. The van der Waals surface area contributed by atoms with E-state index in [2.05, 4.69) is 33.9 Å². The van der Waals surface area contributed by atoms with Crippen LogP contribution in [0.2, 0.25) is 18.1 Å². The summed E-state index contributed by atoms with van der Waals surface area (Å²) in [5, 5.41) is 10.0. The summed E-state index contributed by atoms with van der Waals surface area (Å²) >= 11 is 0. The predicted molar refractivity (Wildman–Crippen MR) is 100 cm³/mol. The molecule has 1 amide bonds. The van der Waals surface area contributed by atoms with Gasteiger partial charge in [0.05, 0.1) is 6.54 Å². The van der Waals surface area contributed by atoms with Gasteiger partial charge in [-0.25, -0.2) is 0 Å². The number of quaternary nitrogens is 1. The van der Waals surface area contributed by atoms with Crippen LogP contribution in [0.4, 0.5) is 4.79 Å². The van der Waals surface area contributed by atoms with Gasteiger partial charge in [0.1, 0.15) is 19.3 Å². The van der Waals surface area contributed by atoms with E-state index < -0.39 is 8.32 Å². The lowest BCUT2D eigenvalue weighted by molar-refractivity contribution is -0.866. The number of aliphatic hydroxyl groups excluding tert-OH is 1. The normalized spacial score (nSPS) is 24.3. The molecule has 5 nitrogen and oxygen atoms in total. The lowest BCUT2D eigenvalue weighted by atomic mass is 10.2. The third kappa shape index (κ3) is 4.70. The largest absolute Gasteiger partial charge is 0.518 e. The van der Waals surface area contributed by atoms with Crippen molar-refractivity contribution in [2.45, 2.75) is 58.0 Å². The predicted octanol–water partition coefficient (Wildman–Crippen LogP) is 3.88. The van der Waals surface area contributed by atoms with Gasteiger partial charge >= 0.3 is 6.09 Å². The van der Waals surface area contributed by atoms with Crippen molar-refractivity contribution in [2.75, 3.05) is 19.8 Å². The molecule has 140 valence electrons. The number of rotatable bonds is 5. The molecule has 1 N–H and O–H groups in total. The average molecular weight is 367 g/mol. The first-order chi connectivity index (χ1) is 11.6. The van der Waals surface area contributed by atoms with Crippen LogP contribution in [0.25, 0.3) is 0 Å². The summed E-state index contributed by atoms with van der Waals surface area (Å²) in [6.45, 7) is 12.1. The van der Waals surface area contributed by atoms with E-state index in [1.165, 1.54) is 0 Å². The highest BCUT2D eigenvalue weighted by molar-refractivity contribution is 6.74. The Morgan fingerprint density at radius 1 is 1.28 bits per heavy atom. The monoisotopic (exact) mass is 366 g/mol. The molecule has 1 fully saturated rings. The number of hydrogen-bond acceptors (Lipinski definition) is 4. The molecule has 1 heterocycles. The third-order valence-electron chi connectivity index (χ3n) is 5.56. The molecule has 0 radical (unpaired) electrons. The number of hydrogen-bond donors (Lipinski definition) is 1. The van der Waals surface area contributed by atoms with Crippen molar-refractivity contribution in [2.24, 2.45) is 0 Å². The first-order valence-electron chi connectivity index (χ1n) is 8.96. The highest BCUT2D eigenvalue weighted by Gasteiger charge is 2.49. The van der Waals surface area contributed by atoms with Crippen LogP contribution in [-0.2, 0) is 15.8 Å². The maximum absolute atomic E-state index is 12.6. The molecular formula is C19H32NO4Si+. The molecular weight excluding hydrogens is 334 g/mol. The zero-order valence-corrected chi connectivity index (χ0v) is 17.1. The summed E-state index contributed by atoms with van der Waals surface area (Å²) < 4.78 is 11.9. The zero-order chi connectivity index (χ0) is 18.7. The van der Waals surface area contributed by atoms with Gasteiger partial charge in [-0.1, -0.05) is 51.1 Å². The SMILES string of the molecule is CC(C)(C)[Si](C)(C)OC1CC[N+](CO)(C(=O)OCc2ccccc2)C1. The van der Waals surface area contributed by atoms with Crippen LogP contribution >= 0.6 is 0 Å². The van der Waals surface area contributed by atoms with Gasteiger partial charge in [-0.3, -0.25) is 0 Å². The number of amides is 1. The van der Waals surface area contributed by atoms with Crippen LogP contribution < -0.4 is 0 Å². The lowest BCUT2D eigenvalue weighted by Gasteiger charge is -2.38. The molecule has 1 aromatic rings. The van der Waals surface area contributed by atoms with E-state index in [9.17, 15) is 9.90 Å². The van der Waals surface area contributed by atoms with Crippen molar-refractivity contribution in [1.82, 2.24) is 0 Å². The smallest absolute Gasteiger partial charge is 0.415 e. The molecule has 0 aliphatic carbocycles. The van der Waals surface area contributed by atoms with Crippen molar-refractivity contribution in [3.05, 3.63) is 35.9 Å². The molecule has 25 heavy (non-hydrogen) atoms. The number of carbonyl (C=O) groups is 1. The van der Waals surface area contributed by atoms with E-state index in [4.69, 9.17) is 9.16 Å². The van der Waals surface area contributed by atoms with Gasteiger partial charge in [0.2, 0.25) is 0 Å². The number of likely N-dealkylation sites (tertiary alicyclic amines) is 1. The van der Waals surface area contributed by atoms with E-state index in [-0.39, 0.29) is 35.1 Å². The maximum Gasteiger partial charge on any atom is 0.518 e. The Labute approximate surface area is 152 Å². The van der Waals surface area contributed by atoms with Gasteiger partial charge in [-0.05, 0) is 23.7 Å². The highest BCUT2D eigenvalue weighted by atomic mass is 28.4. The van der Waals surface area contributed by atoms with Gasteiger partial charge in [-0.15, -0.1) is 0 Å². The van der Waals surface area contributed by atoms with Gasteiger partial charge < -0.3 is 14.3 Å². The number of benzene rings is 1. The number of aliphatic hydroxyl groups is 1. The van der Waals surface area contributed by atoms with Crippen LogP contribution in [0.3, 0.4) is 0 Å². The fraction of sp³-hybridized carbons (Fsp3) is 0.632. The minimum atomic E-state index is -1.89. The van der Waals surface area contributed by atoms with E-state index in [0.29, 0.717) is 13.1 Å². The molecule has 2 atom stereocenters. The summed E-state index contributed by atoms with van der Waals surface area (Å²) in [6.07, 6.45) is 0.401. The minimum Gasteiger partial charge on any atom is -0.415 e. The van der Waals surface area contributed by atoms with E-state index in [1.807, 2.05) is 30.3 Å². The quantitative estimate of drug-likeness (QED) is 0.635. The lowest BCUT2D eigenvalue weighted by Crippen LogP contribution is -2.53. The molecule has 2 rings (SSSR count). The minimum absolute atomic E-state index is 0.00248. The Morgan fingerprint density at radius 2 is 1.92 bits per heavy atom. The van der Waals surface area contributed by atoms with Gasteiger partial charge in [0.25, 0.3) is 0 Å². The second kappa shape index (κ2) is 7.58. The summed E-state index contributed by atoms with van der Waals surface area (Å²) in [5.74, 6) is 0. The average Bonchev–Trinajstić information content (AvgIpc) is 2.96. The van der Waals surface area contributed by atoms with Crippen LogP contribution in [0, 0.1) is 0 Å². The summed E-state index contributed by atoms with van der Waals surface area (Å²) in [6, 6.07) is 9.60. The standard InChI is InChI=1S/C19H32NO4Si/c1-19(2,3)25(4,5)24-17-11-12-20(13-17,15-21)18(22)23-14-16-9-7-6-8-10-16/h6-10,17,21H,11-15H2,1-5H3/q+1. The molecule has 1 saturated heterocycles. The molecule has 0 aromatic heterocycles. The van der Waals surface area contributed by atoms with Crippen molar-refractivity contribution in [3.63, 3.8) is 0 Å². The Bertz CT molecular complexity index is 585. The fourth-order valence-corrected chi connectivity index (χ4v) is 4.24. The summed E-state index contributed by atoms with van der Waals surface area (Å²) in [5.41, 5.74) is 0.945. The maximum atomic E-state index is 12.6. The van der Waals surface area contributed by atoms with Crippen molar-refractivity contribution >= 4 is 14.4 Å². The Kier molecular flexibility index (Phi) is 6.09. The molecule has 0 bridgehead atoms. The number of carbonyl (C=O) groups excluding carboxylic acids is 1. The first kappa shape index (κ1) is 20.1. The van der Waals surface area contributed by atoms with Gasteiger partial charge in [-0.2, -0.15) is 9.28 Å². The van der Waals surface area contributed by atoms with Gasteiger partial charge in [0.15, 0.2) is 15.0 Å².